The lowest BCUT2D eigenvalue weighted by atomic mass is 9.96. The first kappa shape index (κ1) is 20.8. The molecule has 0 unspecified atom stereocenters. The van der Waals surface area contributed by atoms with Crippen molar-refractivity contribution in [3.05, 3.63) is 70.9 Å². The van der Waals surface area contributed by atoms with Crippen molar-refractivity contribution in [1.82, 2.24) is 20.4 Å². The molecule has 0 aliphatic carbocycles. The lowest BCUT2D eigenvalue weighted by molar-refractivity contribution is 0.0934. The zero-order valence-electron chi connectivity index (χ0n) is 18.1. The fourth-order valence-electron chi connectivity index (χ4n) is 4.22. The summed E-state index contributed by atoms with van der Waals surface area (Å²) < 4.78 is 6.68. The number of hydrogen-bond acceptors (Lipinski definition) is 6. The Balaban J connectivity index is 1.09. The van der Waals surface area contributed by atoms with Crippen LogP contribution in [0.3, 0.4) is 0 Å². The van der Waals surface area contributed by atoms with E-state index in [0.29, 0.717) is 18.0 Å². The highest BCUT2D eigenvalue weighted by Gasteiger charge is 2.21. The minimum atomic E-state index is -0.0184. The fourth-order valence-corrected chi connectivity index (χ4v) is 5.03. The van der Waals surface area contributed by atoms with Gasteiger partial charge in [0.1, 0.15) is 5.69 Å². The maximum absolute atomic E-state index is 12.6. The molecule has 164 valence electrons. The Kier molecular flexibility index (Phi) is 6.01. The summed E-state index contributed by atoms with van der Waals surface area (Å²) in [6.45, 7) is 5.45. The van der Waals surface area contributed by atoms with Crippen molar-refractivity contribution in [1.29, 1.82) is 0 Å². The van der Waals surface area contributed by atoms with Crippen molar-refractivity contribution in [3.63, 3.8) is 0 Å². The molecule has 1 fully saturated rings. The molecule has 0 spiro atoms. The molecule has 1 saturated heterocycles. The van der Waals surface area contributed by atoms with Crippen LogP contribution in [0, 0.1) is 12.8 Å². The van der Waals surface area contributed by atoms with Crippen LogP contribution in [-0.4, -0.2) is 40.6 Å². The second-order valence-corrected chi connectivity index (χ2v) is 9.62. The van der Waals surface area contributed by atoms with Crippen molar-refractivity contribution < 1.29 is 9.32 Å². The highest BCUT2D eigenvalue weighted by Crippen LogP contribution is 2.24. The van der Waals surface area contributed by atoms with E-state index in [1.807, 2.05) is 61.5 Å². The van der Waals surface area contributed by atoms with Crippen LogP contribution in [0.4, 0.5) is 0 Å². The number of likely N-dealkylation sites (tertiary alicyclic amines) is 1. The maximum atomic E-state index is 12.6. The second kappa shape index (κ2) is 9.22. The third-order valence-electron chi connectivity index (χ3n) is 6.02. The molecule has 0 radical (unpaired) electrons. The van der Waals surface area contributed by atoms with Gasteiger partial charge in [-0.25, -0.2) is 4.98 Å². The van der Waals surface area contributed by atoms with E-state index in [-0.39, 0.29) is 5.91 Å². The average Bonchev–Trinajstić information content (AvgIpc) is 3.44. The molecule has 32 heavy (non-hydrogen) atoms. The summed E-state index contributed by atoms with van der Waals surface area (Å²) in [4.78, 5) is 19.5. The van der Waals surface area contributed by atoms with Gasteiger partial charge in [-0.2, -0.15) is 0 Å². The van der Waals surface area contributed by atoms with E-state index in [1.54, 1.807) is 11.3 Å². The minimum absolute atomic E-state index is 0.0184. The van der Waals surface area contributed by atoms with E-state index in [9.17, 15) is 4.79 Å². The average molecular weight is 447 g/mol. The highest BCUT2D eigenvalue weighted by atomic mass is 32.1. The predicted octanol–water partition coefficient (Wildman–Crippen LogP) is 4.90. The summed E-state index contributed by atoms with van der Waals surface area (Å²) in [5, 5.41) is 8.35. The first-order valence-corrected chi connectivity index (χ1v) is 11.8. The van der Waals surface area contributed by atoms with Gasteiger partial charge in [0.2, 0.25) is 0 Å². The summed E-state index contributed by atoms with van der Waals surface area (Å²) >= 11 is 1.65. The predicted molar refractivity (Wildman–Crippen MR) is 127 cm³/mol. The monoisotopic (exact) mass is 446 g/mol. The molecule has 3 heterocycles. The number of thiazole rings is 1. The van der Waals surface area contributed by atoms with Gasteiger partial charge in [0.15, 0.2) is 5.76 Å². The van der Waals surface area contributed by atoms with E-state index < -0.39 is 0 Å². The smallest absolute Gasteiger partial charge is 0.251 e. The highest BCUT2D eigenvalue weighted by molar-refractivity contribution is 7.18. The molecule has 2 aromatic heterocycles. The third kappa shape index (κ3) is 4.74. The number of carbonyl (C=O) groups excluding carboxylic acids is 1. The van der Waals surface area contributed by atoms with Crippen LogP contribution in [0.2, 0.25) is 0 Å². The normalized spacial score (nSPS) is 15.3. The fraction of sp³-hybridized carbons (Fsp3) is 0.320. The Bertz CT molecular complexity index is 1210. The van der Waals surface area contributed by atoms with Crippen LogP contribution < -0.4 is 5.32 Å². The molecule has 4 aromatic rings. The lowest BCUT2D eigenvalue weighted by Gasteiger charge is -2.31. The molecule has 6 nitrogen and oxygen atoms in total. The van der Waals surface area contributed by atoms with Gasteiger partial charge in [-0.1, -0.05) is 35.5 Å². The number of hydrogen-bond donors (Lipinski definition) is 1. The molecule has 0 bridgehead atoms. The molecular formula is C25H26N4O2S. The largest absolute Gasteiger partial charge is 0.359 e. The molecule has 1 aliphatic rings. The van der Waals surface area contributed by atoms with Gasteiger partial charge in [-0.15, -0.1) is 11.3 Å². The van der Waals surface area contributed by atoms with Gasteiger partial charge >= 0.3 is 0 Å². The van der Waals surface area contributed by atoms with Gasteiger partial charge < -0.3 is 9.84 Å². The van der Waals surface area contributed by atoms with Crippen LogP contribution in [0.1, 0.15) is 34.0 Å². The number of aromatic nitrogens is 2. The van der Waals surface area contributed by atoms with Gasteiger partial charge in [0.25, 0.3) is 5.91 Å². The molecule has 1 amide bonds. The van der Waals surface area contributed by atoms with E-state index >= 15 is 0 Å². The van der Waals surface area contributed by atoms with Crippen molar-refractivity contribution in [2.45, 2.75) is 26.3 Å². The standard InChI is InChI=1S/C25H26N4O2S/c1-17-27-23-13-20(7-8-24(23)32-17)25(30)26-15-18-9-11-29(12-10-18)16-21-14-22(28-31-21)19-5-3-2-4-6-19/h2-8,13-14,18H,9-12,15-16H2,1H3,(H,26,30). The molecule has 0 saturated carbocycles. The summed E-state index contributed by atoms with van der Waals surface area (Å²) in [6, 6.07) is 17.9. The summed E-state index contributed by atoms with van der Waals surface area (Å²) in [5.74, 6) is 1.37. The van der Waals surface area contributed by atoms with E-state index in [4.69, 9.17) is 4.52 Å². The quantitative estimate of drug-likeness (QED) is 0.456. The Morgan fingerprint density at radius 2 is 1.97 bits per heavy atom. The Morgan fingerprint density at radius 1 is 1.16 bits per heavy atom. The zero-order chi connectivity index (χ0) is 21.9. The molecule has 1 aliphatic heterocycles. The van der Waals surface area contributed by atoms with Gasteiger partial charge in [-0.05, 0) is 57.0 Å². The Morgan fingerprint density at radius 3 is 2.78 bits per heavy atom. The minimum Gasteiger partial charge on any atom is -0.359 e. The molecule has 0 atom stereocenters. The Hall–Kier alpha value is -3.03. The SMILES string of the molecule is Cc1nc2cc(C(=O)NCC3CCN(Cc4cc(-c5ccccc5)no4)CC3)ccc2s1. The second-order valence-electron chi connectivity index (χ2n) is 8.39. The molecule has 5 rings (SSSR count). The number of carbonyl (C=O) groups is 1. The van der Waals surface area contributed by atoms with Gasteiger partial charge in [-0.3, -0.25) is 9.69 Å². The Labute approximate surface area is 191 Å². The number of aryl methyl sites for hydroxylation is 1. The number of fused-ring (bicyclic) bond motifs is 1. The summed E-state index contributed by atoms with van der Waals surface area (Å²) in [7, 11) is 0. The van der Waals surface area contributed by atoms with E-state index in [2.05, 4.69) is 20.4 Å². The lowest BCUT2D eigenvalue weighted by Crippen LogP contribution is -2.38. The molecular weight excluding hydrogens is 420 g/mol. The number of rotatable bonds is 6. The van der Waals surface area contributed by atoms with Crippen LogP contribution >= 0.6 is 11.3 Å². The van der Waals surface area contributed by atoms with Crippen LogP contribution in [0.15, 0.2) is 59.1 Å². The molecule has 2 aromatic carbocycles. The third-order valence-corrected chi connectivity index (χ3v) is 6.97. The summed E-state index contributed by atoms with van der Waals surface area (Å²) in [5.41, 5.74) is 3.53. The zero-order valence-corrected chi connectivity index (χ0v) is 18.9. The number of nitrogens with zero attached hydrogens (tertiary/aromatic N) is 3. The van der Waals surface area contributed by atoms with Crippen LogP contribution in [-0.2, 0) is 6.54 Å². The number of benzene rings is 2. The van der Waals surface area contributed by atoms with E-state index in [1.165, 1.54) is 0 Å². The maximum Gasteiger partial charge on any atom is 0.251 e. The number of amides is 1. The van der Waals surface area contributed by atoms with Crippen LogP contribution in [0.25, 0.3) is 21.5 Å². The summed E-state index contributed by atoms with van der Waals surface area (Å²) in [6.07, 6.45) is 2.12. The molecule has 7 heteroatoms. The van der Waals surface area contributed by atoms with Gasteiger partial charge in [0.05, 0.1) is 21.8 Å². The van der Waals surface area contributed by atoms with Crippen LogP contribution in [0.5, 0.6) is 0 Å². The first-order valence-electron chi connectivity index (χ1n) is 11.0. The first-order chi connectivity index (χ1) is 15.6. The van der Waals surface area contributed by atoms with Crippen molar-refractivity contribution >= 4 is 27.5 Å². The van der Waals surface area contributed by atoms with Crippen molar-refractivity contribution in [3.8, 4) is 11.3 Å². The van der Waals surface area contributed by atoms with Crippen molar-refractivity contribution in [2.75, 3.05) is 19.6 Å². The van der Waals surface area contributed by atoms with Crippen molar-refractivity contribution in [2.24, 2.45) is 5.92 Å². The topological polar surface area (TPSA) is 71.3 Å². The molecule has 1 N–H and O–H groups in total. The van der Waals surface area contributed by atoms with E-state index in [0.717, 1.165) is 64.7 Å². The number of nitrogens with one attached hydrogen (secondary N) is 1. The number of piperidine rings is 1. The van der Waals surface area contributed by atoms with Gasteiger partial charge in [0, 0.05) is 23.7 Å².